The summed E-state index contributed by atoms with van der Waals surface area (Å²) in [5.41, 5.74) is -0.843. The Bertz CT molecular complexity index is 1480. The minimum absolute atomic E-state index is 0.0563. The summed E-state index contributed by atoms with van der Waals surface area (Å²) in [5, 5.41) is 11.5. The Morgan fingerprint density at radius 2 is 1.68 bits per heavy atom. The van der Waals surface area contributed by atoms with Gasteiger partial charge in [0, 0.05) is 11.1 Å². The third-order valence-electron chi connectivity index (χ3n) is 5.14. The third-order valence-corrected chi connectivity index (χ3v) is 7.48. The highest BCUT2D eigenvalue weighted by Gasteiger charge is 2.35. The van der Waals surface area contributed by atoms with Crippen molar-refractivity contribution in [2.75, 3.05) is 0 Å². The van der Waals surface area contributed by atoms with Crippen LogP contribution in [0.25, 0.3) is 6.08 Å². The number of rotatable bonds is 6. The molecule has 3 aromatic rings. The lowest BCUT2D eigenvalue weighted by Crippen LogP contribution is -2.27. The summed E-state index contributed by atoms with van der Waals surface area (Å²) in [4.78, 5) is 37.0. The largest absolute Gasteiger partial charge is 0.448 e. The highest BCUT2D eigenvalue weighted by molar-refractivity contribution is 9.11. The fraction of sp³-hybridized carbons (Fsp3) is 0.0833. The number of carbonyl (C=O) groups is 2. The van der Waals surface area contributed by atoms with Gasteiger partial charge in [0.2, 0.25) is 5.75 Å². The molecular formula is C24H12Br2ClF3N2O5S. The molecule has 0 bridgehead atoms. The molecule has 3 aromatic carbocycles. The first-order valence-corrected chi connectivity index (χ1v) is 13.1. The molecule has 0 atom stereocenters. The summed E-state index contributed by atoms with van der Waals surface area (Å²) >= 11 is 13.2. The van der Waals surface area contributed by atoms with Crippen LogP contribution in [0.4, 0.5) is 23.7 Å². The Balaban J connectivity index is 1.58. The number of hydrogen-bond acceptors (Lipinski definition) is 6. The number of benzene rings is 3. The van der Waals surface area contributed by atoms with Crippen LogP contribution >= 0.6 is 55.2 Å². The van der Waals surface area contributed by atoms with Crippen molar-refractivity contribution in [3.8, 4) is 11.5 Å². The molecule has 1 aliphatic heterocycles. The summed E-state index contributed by atoms with van der Waals surface area (Å²) < 4.78 is 45.1. The Morgan fingerprint density at radius 3 is 2.26 bits per heavy atom. The highest BCUT2D eigenvalue weighted by Crippen LogP contribution is 2.43. The molecule has 196 valence electrons. The van der Waals surface area contributed by atoms with E-state index in [9.17, 15) is 32.9 Å². The molecule has 1 aliphatic rings. The molecule has 0 saturated carbocycles. The second kappa shape index (κ2) is 11.1. The second-order valence-corrected chi connectivity index (χ2v) is 10.9. The number of hydrogen-bond donors (Lipinski definition) is 0. The van der Waals surface area contributed by atoms with Crippen molar-refractivity contribution in [2.45, 2.75) is 12.7 Å². The molecule has 2 amide bonds. The average molecular weight is 693 g/mol. The van der Waals surface area contributed by atoms with E-state index in [0.717, 1.165) is 28.3 Å². The van der Waals surface area contributed by atoms with Crippen LogP contribution in [0, 0.1) is 10.1 Å². The maximum absolute atomic E-state index is 13.0. The van der Waals surface area contributed by atoms with Gasteiger partial charge in [0.05, 0.1) is 30.9 Å². The number of amides is 2. The van der Waals surface area contributed by atoms with Crippen LogP contribution in [0.2, 0.25) is 5.02 Å². The lowest BCUT2D eigenvalue weighted by atomic mass is 10.1. The van der Waals surface area contributed by atoms with E-state index in [4.69, 9.17) is 16.3 Å². The molecule has 14 heteroatoms. The lowest BCUT2D eigenvalue weighted by Gasteiger charge is -2.13. The minimum Gasteiger partial charge on any atom is -0.448 e. The zero-order valence-electron chi connectivity index (χ0n) is 18.6. The molecule has 38 heavy (non-hydrogen) atoms. The van der Waals surface area contributed by atoms with Crippen LogP contribution in [0.3, 0.4) is 0 Å². The number of nitro groups is 1. The van der Waals surface area contributed by atoms with Crippen LogP contribution in [0.5, 0.6) is 11.5 Å². The van der Waals surface area contributed by atoms with Gasteiger partial charge in [0.1, 0.15) is 0 Å². The van der Waals surface area contributed by atoms with Crippen molar-refractivity contribution in [1.82, 2.24) is 4.90 Å². The van der Waals surface area contributed by atoms with Gasteiger partial charge in [-0.2, -0.15) is 13.2 Å². The molecule has 0 N–H and O–H groups in total. The molecule has 1 fully saturated rings. The molecule has 7 nitrogen and oxygen atoms in total. The Hall–Kier alpha value is -2.87. The standard InChI is InChI=1S/C24H12Br2ClF3N2O5S/c25-16-7-13(9-20-22(33)31(23(34)38-20)11-12-1-4-15(27)5-2-12)8-17(26)21(16)37-19-6-3-14(24(28,29)30)10-18(19)32(35)36/h1-10H,11H2/b20-9-. The van der Waals surface area contributed by atoms with Gasteiger partial charge >= 0.3 is 11.9 Å². The van der Waals surface area contributed by atoms with Crippen LogP contribution in [0.15, 0.2) is 68.4 Å². The highest BCUT2D eigenvalue weighted by atomic mass is 79.9. The first-order valence-electron chi connectivity index (χ1n) is 10.4. The number of thioether (sulfide) groups is 1. The van der Waals surface area contributed by atoms with E-state index in [1.807, 2.05) is 0 Å². The molecular weight excluding hydrogens is 681 g/mol. The average Bonchev–Trinajstić information content (AvgIpc) is 3.09. The normalized spacial score (nSPS) is 14.9. The van der Waals surface area contributed by atoms with Gasteiger partial charge in [-0.1, -0.05) is 23.7 Å². The number of nitrogens with zero attached hydrogens (tertiary/aromatic N) is 2. The van der Waals surface area contributed by atoms with Crippen molar-refractivity contribution >= 4 is 78.1 Å². The van der Waals surface area contributed by atoms with Crippen LogP contribution in [-0.2, 0) is 17.5 Å². The monoisotopic (exact) mass is 690 g/mol. The fourth-order valence-corrected chi connectivity index (χ4v) is 5.70. The summed E-state index contributed by atoms with van der Waals surface area (Å²) in [7, 11) is 0. The molecule has 0 spiro atoms. The molecule has 1 saturated heterocycles. The van der Waals surface area contributed by atoms with E-state index < -0.39 is 39.2 Å². The fourth-order valence-electron chi connectivity index (χ4n) is 3.35. The van der Waals surface area contributed by atoms with Crippen molar-refractivity contribution in [1.29, 1.82) is 0 Å². The molecule has 1 heterocycles. The van der Waals surface area contributed by atoms with Gasteiger partial charge in [0.25, 0.3) is 11.1 Å². The molecule has 0 unspecified atom stereocenters. The first-order chi connectivity index (χ1) is 17.8. The van der Waals surface area contributed by atoms with Gasteiger partial charge in [-0.25, -0.2) is 0 Å². The zero-order valence-corrected chi connectivity index (χ0v) is 23.3. The number of halogens is 6. The number of nitro benzene ring substituents is 1. The smallest absolute Gasteiger partial charge is 0.416 e. The van der Waals surface area contributed by atoms with E-state index in [1.165, 1.54) is 18.2 Å². The zero-order chi connectivity index (χ0) is 27.8. The number of alkyl halides is 3. The molecule has 4 rings (SSSR count). The maximum Gasteiger partial charge on any atom is 0.416 e. The van der Waals surface area contributed by atoms with Gasteiger partial charge < -0.3 is 4.74 Å². The van der Waals surface area contributed by atoms with Crippen LogP contribution < -0.4 is 4.74 Å². The van der Waals surface area contributed by atoms with E-state index in [0.29, 0.717) is 22.7 Å². The first kappa shape index (κ1) is 28.1. The number of ether oxygens (including phenoxy) is 1. The second-order valence-electron chi connectivity index (χ2n) is 7.75. The van der Waals surface area contributed by atoms with Gasteiger partial charge in [-0.15, -0.1) is 0 Å². The summed E-state index contributed by atoms with van der Waals surface area (Å²) in [6, 6.07) is 11.7. The van der Waals surface area contributed by atoms with E-state index in [1.54, 1.807) is 24.3 Å². The predicted octanol–water partition coefficient (Wildman–Crippen LogP) is 8.82. The summed E-state index contributed by atoms with van der Waals surface area (Å²) in [5.74, 6) is -0.829. The van der Waals surface area contributed by atoms with Crippen LogP contribution in [0.1, 0.15) is 16.7 Å². The van der Waals surface area contributed by atoms with E-state index in [-0.39, 0.29) is 26.1 Å². The van der Waals surface area contributed by atoms with E-state index >= 15 is 0 Å². The van der Waals surface area contributed by atoms with Crippen molar-refractivity contribution in [3.63, 3.8) is 0 Å². The Labute approximate surface area is 239 Å². The van der Waals surface area contributed by atoms with Crippen molar-refractivity contribution in [2.24, 2.45) is 0 Å². The van der Waals surface area contributed by atoms with Gasteiger partial charge in [-0.05, 0) is 97.2 Å². The molecule has 0 radical (unpaired) electrons. The van der Waals surface area contributed by atoms with Gasteiger partial charge in [-0.3, -0.25) is 24.6 Å². The van der Waals surface area contributed by atoms with E-state index in [2.05, 4.69) is 31.9 Å². The third kappa shape index (κ3) is 6.22. The predicted molar refractivity (Wildman–Crippen MR) is 143 cm³/mol. The number of carbonyl (C=O) groups excluding carboxylic acids is 2. The SMILES string of the molecule is O=C1S/C(=C\c2cc(Br)c(Oc3ccc(C(F)(F)F)cc3[N+](=O)[O-])c(Br)c2)C(=O)N1Cc1ccc(Cl)cc1. The quantitative estimate of drug-likeness (QED) is 0.146. The minimum atomic E-state index is -4.76. The lowest BCUT2D eigenvalue weighted by molar-refractivity contribution is -0.385. The molecule has 0 aliphatic carbocycles. The van der Waals surface area contributed by atoms with Crippen molar-refractivity contribution in [3.05, 3.63) is 100 Å². The van der Waals surface area contributed by atoms with Crippen molar-refractivity contribution < 1.29 is 32.4 Å². The van der Waals surface area contributed by atoms with Crippen LogP contribution in [-0.4, -0.2) is 21.0 Å². The summed E-state index contributed by atoms with van der Waals surface area (Å²) in [6.07, 6.45) is -3.27. The summed E-state index contributed by atoms with van der Waals surface area (Å²) in [6.45, 7) is 0.0747. The molecule has 0 aromatic heterocycles. The topological polar surface area (TPSA) is 89.7 Å². The Morgan fingerprint density at radius 1 is 1.05 bits per heavy atom. The maximum atomic E-state index is 13.0. The Kier molecular flexibility index (Phi) is 8.21. The number of imide groups is 1. The van der Waals surface area contributed by atoms with Gasteiger partial charge in [0.15, 0.2) is 5.75 Å².